The predicted octanol–water partition coefficient (Wildman–Crippen LogP) is 1.60. The zero-order chi connectivity index (χ0) is 8.55. The summed E-state index contributed by atoms with van der Waals surface area (Å²) in [4.78, 5) is 6.15. The second kappa shape index (κ2) is 2.83. The summed E-state index contributed by atoms with van der Waals surface area (Å²) >= 11 is 5.99. The Balaban J connectivity index is 2.53. The molecule has 64 valence electrons. The van der Waals surface area contributed by atoms with Gasteiger partial charge in [0.1, 0.15) is 0 Å². The summed E-state index contributed by atoms with van der Waals surface area (Å²) < 4.78 is 0. The van der Waals surface area contributed by atoms with Crippen molar-refractivity contribution < 1.29 is 0 Å². The molecule has 0 amide bonds. The molecule has 3 nitrogen and oxygen atoms in total. The van der Waals surface area contributed by atoms with Crippen molar-refractivity contribution >= 4 is 23.0 Å². The van der Waals surface area contributed by atoms with Gasteiger partial charge in [0.2, 0.25) is 0 Å². The molecule has 0 radical (unpaired) electrons. The maximum atomic E-state index is 5.99. The Morgan fingerprint density at radius 2 is 2.42 bits per heavy atom. The van der Waals surface area contributed by atoms with E-state index in [0.717, 1.165) is 24.5 Å². The Morgan fingerprint density at radius 3 is 3.17 bits per heavy atom. The van der Waals surface area contributed by atoms with Gasteiger partial charge in [-0.05, 0) is 0 Å². The number of anilines is 2. The number of halogens is 1. The molecule has 0 atom stereocenters. The van der Waals surface area contributed by atoms with Gasteiger partial charge in [-0.2, -0.15) is 0 Å². The van der Waals surface area contributed by atoms with E-state index >= 15 is 0 Å². The third kappa shape index (κ3) is 1.10. The first-order valence-electron chi connectivity index (χ1n) is 3.87. The Labute approximate surface area is 76.4 Å². The monoisotopic (exact) mass is 183 g/mol. The number of fused-ring (bicyclic) bond motifs is 1. The van der Waals surface area contributed by atoms with Crippen LogP contribution in [0.4, 0.5) is 11.4 Å². The first-order valence-corrected chi connectivity index (χ1v) is 4.25. The number of likely N-dealkylation sites (N-methyl/N-ethyl adjacent to an activating group) is 1. The molecule has 0 fully saturated rings. The maximum absolute atomic E-state index is 5.99. The van der Waals surface area contributed by atoms with E-state index in [-0.39, 0.29) is 0 Å². The van der Waals surface area contributed by atoms with Crippen LogP contribution in [0.3, 0.4) is 0 Å². The van der Waals surface area contributed by atoms with E-state index in [1.165, 1.54) is 0 Å². The van der Waals surface area contributed by atoms with Gasteiger partial charge in [0.15, 0.2) is 0 Å². The lowest BCUT2D eigenvalue weighted by molar-refractivity contribution is 0.883. The molecule has 1 aromatic heterocycles. The molecule has 1 N–H and O–H groups in total. The Bertz CT molecular complexity index is 300. The molecule has 2 heterocycles. The van der Waals surface area contributed by atoms with Crippen LogP contribution < -0.4 is 10.2 Å². The smallest absolute Gasteiger partial charge is 0.0843 e. The van der Waals surface area contributed by atoms with Crippen LogP contribution in [0.25, 0.3) is 0 Å². The second-order valence-electron chi connectivity index (χ2n) is 2.87. The maximum Gasteiger partial charge on any atom is 0.0843 e. The molecule has 1 aliphatic heterocycles. The lowest BCUT2D eigenvalue weighted by atomic mass is 10.2. The molecule has 0 aromatic carbocycles. The van der Waals surface area contributed by atoms with Crippen molar-refractivity contribution in [3.63, 3.8) is 0 Å². The minimum Gasteiger partial charge on any atom is -0.380 e. The first-order chi connectivity index (χ1) is 5.79. The molecular weight excluding hydrogens is 174 g/mol. The highest BCUT2D eigenvalue weighted by Gasteiger charge is 2.15. The quantitative estimate of drug-likeness (QED) is 0.662. The topological polar surface area (TPSA) is 28.2 Å². The number of pyridine rings is 1. The van der Waals surface area contributed by atoms with Gasteiger partial charge < -0.3 is 10.2 Å². The van der Waals surface area contributed by atoms with Crippen molar-refractivity contribution in [3.05, 3.63) is 17.4 Å². The number of rotatable bonds is 0. The third-order valence-corrected chi connectivity index (χ3v) is 2.29. The molecule has 0 aliphatic carbocycles. The van der Waals surface area contributed by atoms with Crippen molar-refractivity contribution in [2.45, 2.75) is 0 Å². The van der Waals surface area contributed by atoms with E-state index in [0.29, 0.717) is 5.02 Å². The molecule has 0 unspecified atom stereocenters. The summed E-state index contributed by atoms with van der Waals surface area (Å²) in [5.74, 6) is 0. The highest BCUT2D eigenvalue weighted by atomic mass is 35.5. The van der Waals surface area contributed by atoms with Gasteiger partial charge in [-0.25, -0.2) is 0 Å². The van der Waals surface area contributed by atoms with E-state index in [9.17, 15) is 0 Å². The van der Waals surface area contributed by atoms with Gasteiger partial charge in [-0.3, -0.25) is 4.98 Å². The Morgan fingerprint density at radius 1 is 1.58 bits per heavy atom. The minimum atomic E-state index is 0.710. The molecule has 2 rings (SSSR count). The summed E-state index contributed by atoms with van der Waals surface area (Å²) in [5.41, 5.74) is 2.08. The van der Waals surface area contributed by atoms with Crippen LogP contribution in [0, 0.1) is 0 Å². The first kappa shape index (κ1) is 7.68. The third-order valence-electron chi connectivity index (χ3n) is 2.02. The van der Waals surface area contributed by atoms with E-state index in [4.69, 9.17) is 11.6 Å². The lowest BCUT2D eigenvalue weighted by Crippen LogP contribution is -2.30. The molecule has 0 saturated heterocycles. The highest BCUT2D eigenvalue weighted by molar-refractivity contribution is 6.33. The molecule has 0 saturated carbocycles. The second-order valence-corrected chi connectivity index (χ2v) is 3.27. The van der Waals surface area contributed by atoms with Crippen LogP contribution >= 0.6 is 11.6 Å². The van der Waals surface area contributed by atoms with Crippen LogP contribution in [0.15, 0.2) is 12.4 Å². The molecule has 1 aromatic rings. The normalized spacial score (nSPS) is 15.3. The lowest BCUT2D eigenvalue weighted by Gasteiger charge is -2.28. The fourth-order valence-electron chi connectivity index (χ4n) is 1.42. The van der Waals surface area contributed by atoms with Gasteiger partial charge in [-0.1, -0.05) is 11.6 Å². The van der Waals surface area contributed by atoms with Crippen LogP contribution in [-0.4, -0.2) is 25.1 Å². The van der Waals surface area contributed by atoms with E-state index in [1.54, 1.807) is 12.4 Å². The van der Waals surface area contributed by atoms with E-state index in [2.05, 4.69) is 15.2 Å². The number of nitrogens with one attached hydrogen (secondary N) is 1. The largest absolute Gasteiger partial charge is 0.380 e. The fraction of sp³-hybridized carbons (Fsp3) is 0.375. The molecule has 0 spiro atoms. The van der Waals surface area contributed by atoms with Gasteiger partial charge in [0.25, 0.3) is 0 Å². The van der Waals surface area contributed by atoms with Crippen molar-refractivity contribution in [2.75, 3.05) is 30.4 Å². The number of hydrogen-bond donors (Lipinski definition) is 1. The van der Waals surface area contributed by atoms with Crippen molar-refractivity contribution in [1.82, 2.24) is 4.98 Å². The van der Waals surface area contributed by atoms with Crippen molar-refractivity contribution in [3.8, 4) is 0 Å². The van der Waals surface area contributed by atoms with Crippen LogP contribution in [-0.2, 0) is 0 Å². The van der Waals surface area contributed by atoms with Gasteiger partial charge in [0, 0.05) is 26.3 Å². The molecular formula is C8H10ClN3. The SMILES string of the molecule is CN1CCNc2cncc(Cl)c21. The van der Waals surface area contributed by atoms with Gasteiger partial charge in [-0.15, -0.1) is 0 Å². The molecule has 4 heteroatoms. The minimum absolute atomic E-state index is 0.710. The molecule has 0 bridgehead atoms. The fourth-order valence-corrected chi connectivity index (χ4v) is 1.72. The van der Waals surface area contributed by atoms with E-state index in [1.807, 2.05) is 7.05 Å². The zero-order valence-corrected chi connectivity index (χ0v) is 7.60. The average molecular weight is 184 g/mol. The van der Waals surface area contributed by atoms with Crippen molar-refractivity contribution in [2.24, 2.45) is 0 Å². The van der Waals surface area contributed by atoms with Crippen LogP contribution in [0.1, 0.15) is 0 Å². The van der Waals surface area contributed by atoms with Gasteiger partial charge in [0.05, 0.1) is 22.6 Å². The summed E-state index contributed by atoms with van der Waals surface area (Å²) in [7, 11) is 2.03. The van der Waals surface area contributed by atoms with Crippen molar-refractivity contribution in [1.29, 1.82) is 0 Å². The van der Waals surface area contributed by atoms with E-state index < -0.39 is 0 Å². The summed E-state index contributed by atoms with van der Waals surface area (Å²) in [6, 6.07) is 0. The standard InChI is InChI=1S/C8H10ClN3/c1-12-3-2-11-7-5-10-4-6(9)8(7)12/h4-5,11H,2-3H2,1H3. The summed E-state index contributed by atoms with van der Waals surface area (Å²) in [5, 5.41) is 3.96. The Kier molecular flexibility index (Phi) is 1.81. The van der Waals surface area contributed by atoms with Crippen LogP contribution in [0.5, 0.6) is 0 Å². The molecule has 12 heavy (non-hydrogen) atoms. The number of aromatic nitrogens is 1. The molecule has 1 aliphatic rings. The average Bonchev–Trinajstić information content (AvgIpc) is 2.04. The zero-order valence-electron chi connectivity index (χ0n) is 6.84. The number of hydrogen-bond acceptors (Lipinski definition) is 3. The van der Waals surface area contributed by atoms with Crippen LogP contribution in [0.2, 0.25) is 5.02 Å². The Hall–Kier alpha value is -0.960. The highest BCUT2D eigenvalue weighted by Crippen LogP contribution is 2.33. The number of nitrogens with zero attached hydrogens (tertiary/aromatic N) is 2. The summed E-state index contributed by atoms with van der Waals surface area (Å²) in [6.45, 7) is 1.93. The summed E-state index contributed by atoms with van der Waals surface area (Å²) in [6.07, 6.45) is 3.47. The van der Waals surface area contributed by atoms with Gasteiger partial charge >= 0.3 is 0 Å². The predicted molar refractivity (Wildman–Crippen MR) is 51.0 cm³/mol.